The van der Waals surface area contributed by atoms with Crippen LogP contribution in [-0.2, 0) is 11.3 Å². The minimum Gasteiger partial charge on any atom is -0.436 e. The van der Waals surface area contributed by atoms with Gasteiger partial charge in [-0.3, -0.25) is 0 Å². The maximum atomic E-state index is 13.8. The van der Waals surface area contributed by atoms with Crippen molar-refractivity contribution in [2.75, 3.05) is 6.61 Å². The molecule has 0 saturated heterocycles. The van der Waals surface area contributed by atoms with E-state index in [4.69, 9.17) is 9.47 Å². The Kier molecular flexibility index (Phi) is 5.50. The molecule has 1 aromatic carbocycles. The molecule has 0 aliphatic rings. The summed E-state index contributed by atoms with van der Waals surface area (Å²) >= 11 is 0. The van der Waals surface area contributed by atoms with Crippen LogP contribution in [0.2, 0.25) is 0 Å². The van der Waals surface area contributed by atoms with Gasteiger partial charge in [-0.05, 0) is 36.1 Å². The van der Waals surface area contributed by atoms with E-state index in [9.17, 15) is 4.39 Å². The molecular formula is C18H22FNO2. The number of hydrogen-bond donors (Lipinski definition) is 0. The Morgan fingerprint density at radius 3 is 2.50 bits per heavy atom. The normalized spacial score (nSPS) is 11.5. The average molecular weight is 303 g/mol. The van der Waals surface area contributed by atoms with Crippen LogP contribution in [0.1, 0.15) is 32.9 Å². The van der Waals surface area contributed by atoms with Gasteiger partial charge in [0, 0.05) is 0 Å². The molecule has 0 atom stereocenters. The summed E-state index contributed by atoms with van der Waals surface area (Å²) in [5.41, 5.74) is 0.780. The first-order valence-corrected chi connectivity index (χ1v) is 7.46. The lowest BCUT2D eigenvalue weighted by Crippen LogP contribution is -2.18. The summed E-state index contributed by atoms with van der Waals surface area (Å²) in [7, 11) is 0. The summed E-state index contributed by atoms with van der Waals surface area (Å²) in [4.78, 5) is 4.19. The van der Waals surface area contributed by atoms with E-state index in [0.29, 0.717) is 24.7 Å². The molecule has 0 saturated carbocycles. The summed E-state index contributed by atoms with van der Waals surface area (Å²) in [5, 5.41) is 0. The summed E-state index contributed by atoms with van der Waals surface area (Å²) < 4.78 is 24.9. The van der Waals surface area contributed by atoms with E-state index < -0.39 is 5.82 Å². The zero-order chi connectivity index (χ0) is 16.0. The summed E-state index contributed by atoms with van der Waals surface area (Å²) in [6.07, 6.45) is 1.03. The van der Waals surface area contributed by atoms with E-state index in [1.165, 1.54) is 6.07 Å². The van der Waals surface area contributed by atoms with Crippen molar-refractivity contribution in [3.05, 3.63) is 54.0 Å². The Bertz CT molecular complexity index is 599. The lowest BCUT2D eigenvalue weighted by molar-refractivity contribution is 0.0476. The van der Waals surface area contributed by atoms with E-state index in [1.807, 2.05) is 18.2 Å². The van der Waals surface area contributed by atoms with Crippen molar-refractivity contribution < 1.29 is 13.9 Å². The maximum Gasteiger partial charge on any atom is 0.256 e. The molecule has 118 valence electrons. The van der Waals surface area contributed by atoms with Crippen LogP contribution in [0.25, 0.3) is 0 Å². The Labute approximate surface area is 131 Å². The van der Waals surface area contributed by atoms with Crippen molar-refractivity contribution in [3.63, 3.8) is 0 Å². The number of hydrogen-bond acceptors (Lipinski definition) is 3. The minimum atomic E-state index is -0.485. The first-order valence-electron chi connectivity index (χ1n) is 7.46. The van der Waals surface area contributed by atoms with Crippen LogP contribution in [-0.4, -0.2) is 11.6 Å². The van der Waals surface area contributed by atoms with Crippen LogP contribution in [0.3, 0.4) is 0 Å². The number of nitrogens with zero attached hydrogens (tertiary/aromatic N) is 1. The van der Waals surface area contributed by atoms with Crippen LogP contribution in [0.15, 0.2) is 42.5 Å². The molecule has 0 spiro atoms. The van der Waals surface area contributed by atoms with Gasteiger partial charge in [0.2, 0.25) is 0 Å². The van der Waals surface area contributed by atoms with Gasteiger partial charge in [0.05, 0.1) is 18.9 Å². The molecule has 22 heavy (non-hydrogen) atoms. The molecule has 0 unspecified atom stereocenters. The van der Waals surface area contributed by atoms with Crippen molar-refractivity contribution >= 4 is 0 Å². The van der Waals surface area contributed by atoms with Crippen molar-refractivity contribution in [1.29, 1.82) is 0 Å². The molecule has 3 nitrogen and oxygen atoms in total. The third-order valence-electron chi connectivity index (χ3n) is 3.53. The van der Waals surface area contributed by atoms with E-state index in [2.05, 4.69) is 25.8 Å². The Balaban J connectivity index is 2.01. The van der Waals surface area contributed by atoms with E-state index in [-0.39, 0.29) is 11.3 Å². The highest BCUT2D eigenvalue weighted by Crippen LogP contribution is 2.23. The van der Waals surface area contributed by atoms with Gasteiger partial charge in [-0.25, -0.2) is 9.37 Å². The molecular weight excluding hydrogens is 281 g/mol. The lowest BCUT2D eigenvalue weighted by Gasteiger charge is -2.22. The van der Waals surface area contributed by atoms with Gasteiger partial charge in [0.15, 0.2) is 5.82 Å². The number of para-hydroxylation sites is 1. The quantitative estimate of drug-likeness (QED) is 0.724. The topological polar surface area (TPSA) is 31.4 Å². The van der Waals surface area contributed by atoms with Crippen LogP contribution in [0.4, 0.5) is 4.39 Å². The molecule has 1 heterocycles. The number of aromatic nitrogens is 1. The highest BCUT2D eigenvalue weighted by atomic mass is 19.1. The van der Waals surface area contributed by atoms with Crippen molar-refractivity contribution in [2.45, 2.75) is 33.8 Å². The Morgan fingerprint density at radius 1 is 1.09 bits per heavy atom. The second-order valence-electron chi connectivity index (χ2n) is 6.02. The smallest absolute Gasteiger partial charge is 0.256 e. The summed E-state index contributed by atoms with van der Waals surface area (Å²) in [5.74, 6) is 0.0441. The molecule has 2 aromatic rings. The predicted molar refractivity (Wildman–Crippen MR) is 84.4 cm³/mol. The number of benzene rings is 1. The van der Waals surface area contributed by atoms with Gasteiger partial charge < -0.3 is 9.47 Å². The first kappa shape index (κ1) is 16.4. The molecule has 1 aromatic heterocycles. The van der Waals surface area contributed by atoms with Crippen molar-refractivity contribution in [1.82, 2.24) is 4.98 Å². The fraction of sp³-hybridized carbons (Fsp3) is 0.389. The van der Waals surface area contributed by atoms with Gasteiger partial charge in [-0.2, -0.15) is 0 Å². The minimum absolute atomic E-state index is 0.0259. The molecule has 0 aliphatic heterocycles. The van der Waals surface area contributed by atoms with Gasteiger partial charge >= 0.3 is 0 Å². The standard InChI is InChI=1S/C18H22FNO2/c1-4-18(2,3)13-21-12-14-10-11-16(19)17(20-14)22-15-8-6-5-7-9-15/h5-11H,4,12-13H2,1-3H3. The second-order valence-corrected chi connectivity index (χ2v) is 6.02. The van der Waals surface area contributed by atoms with Crippen molar-refractivity contribution in [3.8, 4) is 11.6 Å². The van der Waals surface area contributed by atoms with Crippen LogP contribution >= 0.6 is 0 Å². The third kappa shape index (κ3) is 4.81. The molecule has 2 rings (SSSR count). The third-order valence-corrected chi connectivity index (χ3v) is 3.53. The fourth-order valence-electron chi connectivity index (χ4n) is 1.75. The van der Waals surface area contributed by atoms with E-state index in [1.54, 1.807) is 18.2 Å². The number of ether oxygens (including phenoxy) is 2. The maximum absolute atomic E-state index is 13.8. The summed E-state index contributed by atoms with van der Waals surface area (Å²) in [6.45, 7) is 7.40. The van der Waals surface area contributed by atoms with E-state index >= 15 is 0 Å². The van der Waals surface area contributed by atoms with Gasteiger partial charge in [-0.15, -0.1) is 0 Å². The molecule has 4 heteroatoms. The number of pyridine rings is 1. The Hall–Kier alpha value is -1.94. The zero-order valence-corrected chi connectivity index (χ0v) is 13.3. The summed E-state index contributed by atoms with van der Waals surface area (Å²) in [6, 6.07) is 12.0. The van der Waals surface area contributed by atoms with Crippen LogP contribution in [0, 0.1) is 11.2 Å². The van der Waals surface area contributed by atoms with E-state index in [0.717, 1.165) is 6.42 Å². The molecule has 0 radical (unpaired) electrons. The van der Waals surface area contributed by atoms with Crippen LogP contribution < -0.4 is 4.74 Å². The molecule has 0 N–H and O–H groups in total. The largest absolute Gasteiger partial charge is 0.436 e. The average Bonchev–Trinajstić information content (AvgIpc) is 2.51. The molecule has 0 fully saturated rings. The number of halogens is 1. The first-order chi connectivity index (χ1) is 10.5. The molecule has 0 aliphatic carbocycles. The predicted octanol–water partition coefficient (Wildman–Crippen LogP) is 4.97. The highest BCUT2D eigenvalue weighted by Gasteiger charge is 2.15. The zero-order valence-electron chi connectivity index (χ0n) is 13.3. The number of rotatable bonds is 7. The SMILES string of the molecule is CCC(C)(C)COCc1ccc(F)c(Oc2ccccc2)n1. The van der Waals surface area contributed by atoms with Gasteiger partial charge in [-0.1, -0.05) is 39.0 Å². The van der Waals surface area contributed by atoms with Crippen LogP contribution in [0.5, 0.6) is 11.6 Å². The fourth-order valence-corrected chi connectivity index (χ4v) is 1.75. The lowest BCUT2D eigenvalue weighted by atomic mass is 9.92. The Morgan fingerprint density at radius 2 is 1.82 bits per heavy atom. The molecule has 0 bridgehead atoms. The van der Waals surface area contributed by atoms with Gasteiger partial charge in [0.25, 0.3) is 5.88 Å². The van der Waals surface area contributed by atoms with Gasteiger partial charge in [0.1, 0.15) is 5.75 Å². The second kappa shape index (κ2) is 7.36. The highest BCUT2D eigenvalue weighted by molar-refractivity contribution is 5.28. The monoisotopic (exact) mass is 303 g/mol. The van der Waals surface area contributed by atoms with Crippen molar-refractivity contribution in [2.24, 2.45) is 5.41 Å². The molecule has 0 amide bonds.